The fourth-order valence-corrected chi connectivity index (χ4v) is 2.05. The SMILES string of the molecule is CCN(C(C)C)C(C)c1ccc(N)cc1. The highest BCUT2D eigenvalue weighted by molar-refractivity contribution is 5.40. The van der Waals surface area contributed by atoms with Crippen molar-refractivity contribution in [3.8, 4) is 0 Å². The molecule has 0 aromatic heterocycles. The Bertz CT molecular complexity index is 290. The second-order valence-corrected chi connectivity index (χ2v) is 4.27. The number of hydrogen-bond acceptors (Lipinski definition) is 2. The highest BCUT2D eigenvalue weighted by Gasteiger charge is 2.16. The van der Waals surface area contributed by atoms with Crippen molar-refractivity contribution in [2.45, 2.75) is 39.8 Å². The first-order valence-corrected chi connectivity index (χ1v) is 5.67. The minimum Gasteiger partial charge on any atom is -0.399 e. The van der Waals surface area contributed by atoms with Crippen LogP contribution in [-0.4, -0.2) is 17.5 Å². The zero-order chi connectivity index (χ0) is 11.4. The van der Waals surface area contributed by atoms with Crippen molar-refractivity contribution < 1.29 is 0 Å². The van der Waals surface area contributed by atoms with E-state index in [4.69, 9.17) is 5.73 Å². The summed E-state index contributed by atoms with van der Waals surface area (Å²) in [6.45, 7) is 9.99. The lowest BCUT2D eigenvalue weighted by Crippen LogP contribution is -2.33. The number of nitrogens with two attached hydrogens (primary N) is 1. The van der Waals surface area contributed by atoms with Gasteiger partial charge in [0.15, 0.2) is 0 Å². The van der Waals surface area contributed by atoms with E-state index < -0.39 is 0 Å². The number of nitrogen functional groups attached to an aromatic ring is 1. The van der Waals surface area contributed by atoms with Crippen LogP contribution >= 0.6 is 0 Å². The minimum atomic E-state index is 0.454. The predicted molar refractivity (Wildman–Crippen MR) is 66.8 cm³/mol. The van der Waals surface area contributed by atoms with E-state index in [-0.39, 0.29) is 0 Å². The number of rotatable bonds is 4. The van der Waals surface area contributed by atoms with Crippen molar-refractivity contribution >= 4 is 5.69 Å². The zero-order valence-electron chi connectivity index (χ0n) is 10.2. The van der Waals surface area contributed by atoms with Gasteiger partial charge in [-0.3, -0.25) is 4.90 Å². The number of benzene rings is 1. The Balaban J connectivity index is 2.82. The maximum atomic E-state index is 5.68. The Kier molecular flexibility index (Phi) is 4.15. The molecule has 0 aliphatic heterocycles. The maximum Gasteiger partial charge on any atom is 0.0322 e. The van der Waals surface area contributed by atoms with Gasteiger partial charge in [0.1, 0.15) is 0 Å². The molecule has 1 aromatic carbocycles. The minimum absolute atomic E-state index is 0.454. The molecule has 0 spiro atoms. The van der Waals surface area contributed by atoms with Crippen molar-refractivity contribution in [1.82, 2.24) is 4.90 Å². The highest BCUT2D eigenvalue weighted by atomic mass is 15.2. The van der Waals surface area contributed by atoms with Crippen LogP contribution in [0.25, 0.3) is 0 Å². The molecule has 1 atom stereocenters. The third kappa shape index (κ3) is 2.96. The highest BCUT2D eigenvalue weighted by Crippen LogP contribution is 2.22. The smallest absolute Gasteiger partial charge is 0.0322 e. The molecule has 0 amide bonds. The molecule has 1 unspecified atom stereocenters. The normalized spacial score (nSPS) is 13.5. The van der Waals surface area contributed by atoms with E-state index in [1.54, 1.807) is 0 Å². The first-order valence-electron chi connectivity index (χ1n) is 5.67. The molecule has 0 radical (unpaired) electrons. The molecule has 2 nitrogen and oxygen atoms in total. The zero-order valence-corrected chi connectivity index (χ0v) is 10.2. The fourth-order valence-electron chi connectivity index (χ4n) is 2.05. The molecule has 2 heteroatoms. The third-order valence-corrected chi connectivity index (χ3v) is 2.94. The quantitative estimate of drug-likeness (QED) is 0.767. The molecule has 0 bridgehead atoms. The topological polar surface area (TPSA) is 29.3 Å². The second kappa shape index (κ2) is 5.17. The molecular formula is C13H22N2. The van der Waals surface area contributed by atoms with Gasteiger partial charge in [-0.1, -0.05) is 19.1 Å². The summed E-state index contributed by atoms with van der Waals surface area (Å²) in [6, 6.07) is 9.20. The van der Waals surface area contributed by atoms with Crippen molar-refractivity contribution in [3.05, 3.63) is 29.8 Å². The first-order chi connectivity index (χ1) is 7.06. The molecule has 0 aliphatic rings. The Hall–Kier alpha value is -1.02. The Morgan fingerprint density at radius 1 is 1.13 bits per heavy atom. The molecule has 1 aromatic rings. The Labute approximate surface area is 93.1 Å². The van der Waals surface area contributed by atoms with Crippen LogP contribution in [0.4, 0.5) is 5.69 Å². The standard InChI is InChI=1S/C13H22N2/c1-5-15(10(2)3)11(4)12-6-8-13(14)9-7-12/h6-11H,5,14H2,1-4H3. The number of anilines is 1. The molecule has 0 heterocycles. The van der Waals surface area contributed by atoms with Gasteiger partial charge in [-0.05, 0) is 45.0 Å². The summed E-state index contributed by atoms with van der Waals surface area (Å²) in [7, 11) is 0. The lowest BCUT2D eigenvalue weighted by atomic mass is 10.1. The van der Waals surface area contributed by atoms with Crippen LogP contribution in [0.1, 0.15) is 39.3 Å². The van der Waals surface area contributed by atoms with Crippen molar-refractivity contribution in [2.75, 3.05) is 12.3 Å². The lowest BCUT2D eigenvalue weighted by Gasteiger charge is -2.31. The van der Waals surface area contributed by atoms with Gasteiger partial charge >= 0.3 is 0 Å². The summed E-state index contributed by atoms with van der Waals surface area (Å²) >= 11 is 0. The van der Waals surface area contributed by atoms with E-state index in [1.165, 1.54) is 5.56 Å². The van der Waals surface area contributed by atoms with E-state index in [0.717, 1.165) is 12.2 Å². The van der Waals surface area contributed by atoms with E-state index in [1.807, 2.05) is 12.1 Å². The van der Waals surface area contributed by atoms with Gasteiger partial charge in [-0.25, -0.2) is 0 Å². The van der Waals surface area contributed by atoms with E-state index in [9.17, 15) is 0 Å². The van der Waals surface area contributed by atoms with E-state index in [2.05, 4.69) is 44.7 Å². The Morgan fingerprint density at radius 2 is 1.67 bits per heavy atom. The monoisotopic (exact) mass is 206 g/mol. The fraction of sp³-hybridized carbons (Fsp3) is 0.538. The second-order valence-electron chi connectivity index (χ2n) is 4.27. The molecule has 15 heavy (non-hydrogen) atoms. The molecule has 0 aliphatic carbocycles. The van der Waals surface area contributed by atoms with Crippen LogP contribution in [0.3, 0.4) is 0 Å². The maximum absolute atomic E-state index is 5.68. The lowest BCUT2D eigenvalue weighted by molar-refractivity contribution is 0.174. The number of nitrogens with zero attached hydrogens (tertiary/aromatic N) is 1. The predicted octanol–water partition coefficient (Wildman–Crippen LogP) is 3.06. The van der Waals surface area contributed by atoms with Gasteiger partial charge in [0.05, 0.1) is 0 Å². The van der Waals surface area contributed by atoms with Gasteiger partial charge in [0, 0.05) is 17.8 Å². The van der Waals surface area contributed by atoms with E-state index >= 15 is 0 Å². The van der Waals surface area contributed by atoms with Crippen molar-refractivity contribution in [3.63, 3.8) is 0 Å². The Morgan fingerprint density at radius 3 is 2.07 bits per heavy atom. The van der Waals surface area contributed by atoms with Crippen LogP contribution in [0, 0.1) is 0 Å². The molecule has 0 saturated heterocycles. The van der Waals surface area contributed by atoms with Gasteiger partial charge < -0.3 is 5.73 Å². The van der Waals surface area contributed by atoms with E-state index in [0.29, 0.717) is 12.1 Å². The third-order valence-electron chi connectivity index (χ3n) is 2.94. The average molecular weight is 206 g/mol. The molecule has 1 rings (SSSR count). The molecule has 0 fully saturated rings. The van der Waals surface area contributed by atoms with Crippen LogP contribution < -0.4 is 5.73 Å². The van der Waals surface area contributed by atoms with Crippen LogP contribution in [0.15, 0.2) is 24.3 Å². The number of hydrogen-bond donors (Lipinski definition) is 1. The van der Waals surface area contributed by atoms with Crippen LogP contribution in [0.2, 0.25) is 0 Å². The molecule has 2 N–H and O–H groups in total. The van der Waals surface area contributed by atoms with Crippen molar-refractivity contribution in [2.24, 2.45) is 0 Å². The van der Waals surface area contributed by atoms with Gasteiger partial charge in [0.2, 0.25) is 0 Å². The summed E-state index contributed by atoms with van der Waals surface area (Å²) in [4.78, 5) is 2.46. The molecular weight excluding hydrogens is 184 g/mol. The van der Waals surface area contributed by atoms with Gasteiger partial charge in [-0.2, -0.15) is 0 Å². The summed E-state index contributed by atoms with van der Waals surface area (Å²) in [5, 5.41) is 0. The summed E-state index contributed by atoms with van der Waals surface area (Å²) in [5.74, 6) is 0. The largest absolute Gasteiger partial charge is 0.399 e. The van der Waals surface area contributed by atoms with Crippen LogP contribution in [-0.2, 0) is 0 Å². The molecule has 0 saturated carbocycles. The summed E-state index contributed by atoms with van der Waals surface area (Å²) in [6.07, 6.45) is 0. The van der Waals surface area contributed by atoms with Crippen LogP contribution in [0.5, 0.6) is 0 Å². The molecule has 84 valence electrons. The first kappa shape index (κ1) is 12.1. The van der Waals surface area contributed by atoms with Crippen molar-refractivity contribution in [1.29, 1.82) is 0 Å². The summed E-state index contributed by atoms with van der Waals surface area (Å²) in [5.41, 5.74) is 7.85. The summed E-state index contributed by atoms with van der Waals surface area (Å²) < 4.78 is 0. The van der Waals surface area contributed by atoms with Gasteiger partial charge in [0.25, 0.3) is 0 Å². The van der Waals surface area contributed by atoms with Gasteiger partial charge in [-0.15, -0.1) is 0 Å². The average Bonchev–Trinajstić information content (AvgIpc) is 2.19.